The highest BCUT2D eigenvalue weighted by atomic mass is 14.9. The quantitative estimate of drug-likeness (QED) is 0.618. The Morgan fingerprint density at radius 3 is 2.73 bits per heavy atom. The molecule has 0 spiro atoms. The van der Waals surface area contributed by atoms with Crippen molar-refractivity contribution in [2.24, 2.45) is 23.5 Å². The zero-order chi connectivity index (χ0) is 8.27. The molecule has 3 N–H and O–H groups in total. The van der Waals surface area contributed by atoms with E-state index in [0.717, 1.165) is 24.9 Å². The summed E-state index contributed by atoms with van der Waals surface area (Å²) >= 11 is 0. The van der Waals surface area contributed by atoms with Crippen molar-refractivity contribution in [3.8, 4) is 0 Å². The van der Waals surface area contributed by atoms with E-state index >= 15 is 0 Å². The van der Waals surface area contributed by atoms with Gasteiger partial charge >= 0.3 is 0 Å². The molecule has 3 atom stereocenters. The smallest absolute Gasteiger partial charge is 0.00110 e. The van der Waals surface area contributed by atoms with Crippen molar-refractivity contribution in [1.82, 2.24) is 5.32 Å². The van der Waals surface area contributed by atoms with Gasteiger partial charge in [-0.3, -0.25) is 0 Å². The Morgan fingerprint density at radius 2 is 2.27 bits per heavy atom. The largest absolute Gasteiger partial charge is 0.330 e. The van der Waals surface area contributed by atoms with Crippen LogP contribution in [0.5, 0.6) is 0 Å². The molecule has 0 bridgehead atoms. The Kier molecular flexibility index (Phi) is 3.34. The Bertz CT molecular complexity index is 110. The second-order valence-corrected chi connectivity index (χ2v) is 3.97. The predicted octanol–water partition coefficient (Wildman–Crippen LogP) is 0.827. The molecule has 0 heterocycles. The molecule has 0 saturated heterocycles. The monoisotopic (exact) mass is 156 g/mol. The van der Waals surface area contributed by atoms with Crippen LogP contribution in [0.3, 0.4) is 0 Å². The van der Waals surface area contributed by atoms with Crippen LogP contribution in [0, 0.1) is 17.8 Å². The minimum absolute atomic E-state index is 0.629. The first-order chi connectivity index (χ1) is 5.24. The maximum atomic E-state index is 5.49. The van der Waals surface area contributed by atoms with Crippen LogP contribution in [0.15, 0.2) is 0 Å². The van der Waals surface area contributed by atoms with Gasteiger partial charge in [-0.1, -0.05) is 13.8 Å². The van der Waals surface area contributed by atoms with E-state index in [9.17, 15) is 0 Å². The molecule has 0 aromatic heterocycles. The van der Waals surface area contributed by atoms with Crippen molar-refractivity contribution in [2.45, 2.75) is 20.3 Å². The molecule has 1 rings (SSSR count). The van der Waals surface area contributed by atoms with Gasteiger partial charge in [-0.25, -0.2) is 0 Å². The summed E-state index contributed by atoms with van der Waals surface area (Å²) in [5.74, 6) is 2.56. The van der Waals surface area contributed by atoms with Crippen LogP contribution in [0.1, 0.15) is 20.3 Å². The summed E-state index contributed by atoms with van der Waals surface area (Å²) in [5.41, 5.74) is 5.49. The molecule has 2 nitrogen and oxygen atoms in total. The Morgan fingerprint density at radius 1 is 1.64 bits per heavy atom. The summed E-state index contributed by atoms with van der Waals surface area (Å²) in [6.45, 7) is 7.58. The van der Waals surface area contributed by atoms with Gasteiger partial charge in [0.05, 0.1) is 0 Å². The van der Waals surface area contributed by atoms with E-state index in [1.54, 1.807) is 0 Å². The van der Waals surface area contributed by atoms with Gasteiger partial charge < -0.3 is 11.1 Å². The van der Waals surface area contributed by atoms with Crippen LogP contribution in [0.2, 0.25) is 0 Å². The highest BCUT2D eigenvalue weighted by Gasteiger charge is 2.31. The minimum atomic E-state index is 0.629. The average Bonchev–Trinajstić information content (AvgIpc) is 2.66. The van der Waals surface area contributed by atoms with E-state index in [1.807, 2.05) is 0 Å². The van der Waals surface area contributed by atoms with Crippen molar-refractivity contribution in [3.05, 3.63) is 0 Å². The van der Waals surface area contributed by atoms with Gasteiger partial charge in [0, 0.05) is 0 Å². The molecule has 1 fully saturated rings. The Hall–Kier alpha value is -0.0800. The fourth-order valence-corrected chi connectivity index (χ4v) is 1.28. The average molecular weight is 156 g/mol. The molecule has 0 aromatic rings. The SMILES string of the molecule is CC(CN)CNCC1CC1C. The second-order valence-electron chi connectivity index (χ2n) is 3.97. The number of nitrogens with two attached hydrogens (primary N) is 1. The van der Waals surface area contributed by atoms with Gasteiger partial charge in [0.1, 0.15) is 0 Å². The van der Waals surface area contributed by atoms with Crippen LogP contribution in [-0.4, -0.2) is 19.6 Å². The maximum absolute atomic E-state index is 5.49. The lowest BCUT2D eigenvalue weighted by Gasteiger charge is -2.08. The molecule has 3 unspecified atom stereocenters. The van der Waals surface area contributed by atoms with E-state index in [0.29, 0.717) is 5.92 Å². The van der Waals surface area contributed by atoms with Gasteiger partial charge in [0.2, 0.25) is 0 Å². The van der Waals surface area contributed by atoms with Crippen molar-refractivity contribution >= 4 is 0 Å². The fourth-order valence-electron chi connectivity index (χ4n) is 1.28. The minimum Gasteiger partial charge on any atom is -0.330 e. The molecule has 0 aliphatic heterocycles. The normalized spacial score (nSPS) is 31.9. The van der Waals surface area contributed by atoms with Crippen LogP contribution < -0.4 is 11.1 Å². The van der Waals surface area contributed by atoms with Crippen LogP contribution in [-0.2, 0) is 0 Å². The third kappa shape index (κ3) is 3.21. The van der Waals surface area contributed by atoms with E-state index in [2.05, 4.69) is 19.2 Å². The molecule has 11 heavy (non-hydrogen) atoms. The highest BCUT2D eigenvalue weighted by Crippen LogP contribution is 2.36. The summed E-state index contributed by atoms with van der Waals surface area (Å²) in [7, 11) is 0. The summed E-state index contributed by atoms with van der Waals surface area (Å²) in [6.07, 6.45) is 1.42. The lowest BCUT2D eigenvalue weighted by molar-refractivity contribution is 0.504. The fraction of sp³-hybridized carbons (Fsp3) is 1.00. The van der Waals surface area contributed by atoms with E-state index in [1.165, 1.54) is 13.0 Å². The van der Waals surface area contributed by atoms with E-state index < -0.39 is 0 Å². The van der Waals surface area contributed by atoms with Crippen LogP contribution >= 0.6 is 0 Å². The van der Waals surface area contributed by atoms with Gasteiger partial charge in [0.15, 0.2) is 0 Å². The molecular formula is C9H20N2. The molecule has 2 heteroatoms. The van der Waals surface area contributed by atoms with Gasteiger partial charge in [-0.2, -0.15) is 0 Å². The maximum Gasteiger partial charge on any atom is -0.00110 e. The summed E-state index contributed by atoms with van der Waals surface area (Å²) in [5, 5.41) is 3.45. The molecule has 66 valence electrons. The van der Waals surface area contributed by atoms with Crippen molar-refractivity contribution in [3.63, 3.8) is 0 Å². The first-order valence-electron chi connectivity index (χ1n) is 4.64. The van der Waals surface area contributed by atoms with Crippen LogP contribution in [0.4, 0.5) is 0 Å². The van der Waals surface area contributed by atoms with E-state index in [4.69, 9.17) is 5.73 Å². The van der Waals surface area contributed by atoms with Crippen molar-refractivity contribution in [1.29, 1.82) is 0 Å². The van der Waals surface area contributed by atoms with E-state index in [-0.39, 0.29) is 0 Å². The lowest BCUT2D eigenvalue weighted by atomic mass is 10.2. The van der Waals surface area contributed by atoms with Gasteiger partial charge in [-0.15, -0.1) is 0 Å². The van der Waals surface area contributed by atoms with Crippen LogP contribution in [0.25, 0.3) is 0 Å². The Labute approximate surface area is 69.5 Å². The molecule has 1 saturated carbocycles. The predicted molar refractivity (Wildman–Crippen MR) is 48.4 cm³/mol. The number of nitrogens with one attached hydrogen (secondary N) is 1. The zero-order valence-electron chi connectivity index (χ0n) is 7.64. The number of hydrogen-bond acceptors (Lipinski definition) is 2. The molecule has 0 amide bonds. The molecular weight excluding hydrogens is 136 g/mol. The first kappa shape index (κ1) is 9.01. The lowest BCUT2D eigenvalue weighted by Crippen LogP contribution is -2.27. The molecule has 0 radical (unpaired) electrons. The molecule has 0 aromatic carbocycles. The molecule has 1 aliphatic rings. The highest BCUT2D eigenvalue weighted by molar-refractivity contribution is 4.84. The standard InChI is InChI=1S/C9H20N2/c1-7(4-10)5-11-6-9-3-8(9)2/h7-9,11H,3-6,10H2,1-2H3. The Balaban J connectivity index is 1.88. The van der Waals surface area contributed by atoms with Gasteiger partial charge in [-0.05, 0) is 43.8 Å². The topological polar surface area (TPSA) is 38.0 Å². The molecule has 1 aliphatic carbocycles. The summed E-state index contributed by atoms with van der Waals surface area (Å²) in [6, 6.07) is 0. The van der Waals surface area contributed by atoms with Gasteiger partial charge in [0.25, 0.3) is 0 Å². The number of hydrogen-bond donors (Lipinski definition) is 2. The summed E-state index contributed by atoms with van der Waals surface area (Å²) < 4.78 is 0. The third-order valence-corrected chi connectivity index (χ3v) is 2.58. The first-order valence-corrected chi connectivity index (χ1v) is 4.64. The van der Waals surface area contributed by atoms with Crippen molar-refractivity contribution < 1.29 is 0 Å². The van der Waals surface area contributed by atoms with Crippen molar-refractivity contribution in [2.75, 3.05) is 19.6 Å². The zero-order valence-corrected chi connectivity index (χ0v) is 7.64. The summed E-state index contributed by atoms with van der Waals surface area (Å²) in [4.78, 5) is 0. The second kappa shape index (κ2) is 4.07. The number of rotatable bonds is 5. The third-order valence-electron chi connectivity index (χ3n) is 2.58.